The molecule has 0 aliphatic heterocycles. The summed E-state index contributed by atoms with van der Waals surface area (Å²) < 4.78 is 0. The van der Waals surface area contributed by atoms with Crippen molar-refractivity contribution in [3.05, 3.63) is 118 Å². The first kappa shape index (κ1) is 21.3. The van der Waals surface area contributed by atoms with Gasteiger partial charge in [0.1, 0.15) is 0 Å². The molecule has 0 saturated carbocycles. The molecule has 0 amide bonds. The van der Waals surface area contributed by atoms with Gasteiger partial charge in [0.15, 0.2) is 0 Å². The molecule has 5 aromatic rings. The quantitative estimate of drug-likeness (QED) is 0.234. The number of hydrogen-bond acceptors (Lipinski definition) is 1. The van der Waals surface area contributed by atoms with E-state index in [0.29, 0.717) is 5.02 Å². The summed E-state index contributed by atoms with van der Waals surface area (Å²) >= 11 is 20.4. The van der Waals surface area contributed by atoms with Crippen molar-refractivity contribution >= 4 is 46.1 Å². The molecule has 5 rings (SSSR count). The molecule has 0 bridgehead atoms. The summed E-state index contributed by atoms with van der Waals surface area (Å²) in [6.45, 7) is 0. The van der Waals surface area contributed by atoms with Crippen LogP contribution in [0.5, 0.6) is 0 Å². The topological polar surface area (TPSA) is 0 Å². The standard InChI is InChI=1S/C28H17Cl3S/c29-22-12-6-18(7-13-22)25-26(19-8-14-23(30)15-9-19)28(21-10-16-24(31)17-11-21)32-27(25)20-4-2-1-3-5-20/h1-17H. The zero-order chi connectivity index (χ0) is 22.1. The maximum Gasteiger partial charge on any atom is 0.0434 e. The van der Waals surface area contributed by atoms with Crippen molar-refractivity contribution in [2.45, 2.75) is 0 Å². The predicted molar refractivity (Wildman–Crippen MR) is 141 cm³/mol. The fourth-order valence-corrected chi connectivity index (χ4v) is 5.55. The Morgan fingerprint density at radius 2 is 0.719 bits per heavy atom. The van der Waals surface area contributed by atoms with Crippen molar-refractivity contribution < 1.29 is 0 Å². The summed E-state index contributed by atoms with van der Waals surface area (Å²) in [6, 6.07) is 34.6. The molecule has 0 saturated heterocycles. The van der Waals surface area contributed by atoms with Crippen molar-refractivity contribution in [3.63, 3.8) is 0 Å². The Kier molecular flexibility index (Phi) is 6.08. The third kappa shape index (κ3) is 4.22. The van der Waals surface area contributed by atoms with E-state index >= 15 is 0 Å². The van der Waals surface area contributed by atoms with E-state index in [1.807, 2.05) is 42.5 Å². The van der Waals surface area contributed by atoms with Crippen LogP contribution in [0, 0.1) is 0 Å². The molecule has 1 aromatic heterocycles. The largest absolute Gasteiger partial charge is 0.134 e. The normalized spacial score (nSPS) is 11.0. The molecule has 1 heterocycles. The van der Waals surface area contributed by atoms with Gasteiger partial charge in [0.25, 0.3) is 0 Å². The highest BCUT2D eigenvalue weighted by molar-refractivity contribution is 7.20. The molecular formula is C28H17Cl3S. The van der Waals surface area contributed by atoms with Gasteiger partial charge in [-0.2, -0.15) is 0 Å². The van der Waals surface area contributed by atoms with E-state index < -0.39 is 0 Å². The SMILES string of the molecule is Clc1ccc(-c2sc(-c3ccccc3)c(-c3ccc(Cl)cc3)c2-c2ccc(Cl)cc2)cc1. The Morgan fingerprint density at radius 1 is 0.375 bits per heavy atom. The van der Waals surface area contributed by atoms with E-state index in [1.165, 1.54) is 26.4 Å². The van der Waals surface area contributed by atoms with Crippen LogP contribution >= 0.6 is 46.1 Å². The predicted octanol–water partition coefficient (Wildman–Crippen LogP) is 10.4. The monoisotopic (exact) mass is 490 g/mol. The number of hydrogen-bond donors (Lipinski definition) is 0. The van der Waals surface area contributed by atoms with Gasteiger partial charge in [0, 0.05) is 35.9 Å². The third-order valence-corrected chi connectivity index (χ3v) is 7.36. The van der Waals surface area contributed by atoms with Gasteiger partial charge in [-0.3, -0.25) is 0 Å². The summed E-state index contributed by atoms with van der Waals surface area (Å²) in [5.41, 5.74) is 6.90. The first-order valence-electron chi connectivity index (χ1n) is 10.1. The van der Waals surface area contributed by atoms with Crippen LogP contribution in [0.3, 0.4) is 0 Å². The first-order chi connectivity index (χ1) is 15.6. The minimum absolute atomic E-state index is 0.716. The molecular weight excluding hydrogens is 475 g/mol. The second-order valence-electron chi connectivity index (χ2n) is 7.40. The second-order valence-corrected chi connectivity index (χ2v) is 9.73. The molecule has 0 fully saturated rings. The number of halogens is 3. The van der Waals surface area contributed by atoms with Crippen LogP contribution in [0.1, 0.15) is 0 Å². The average molecular weight is 492 g/mol. The van der Waals surface area contributed by atoms with Crippen LogP contribution in [0.15, 0.2) is 103 Å². The van der Waals surface area contributed by atoms with Gasteiger partial charge in [0.2, 0.25) is 0 Å². The van der Waals surface area contributed by atoms with Gasteiger partial charge in [-0.25, -0.2) is 0 Å². The average Bonchev–Trinajstić information content (AvgIpc) is 3.22. The smallest absolute Gasteiger partial charge is 0.0434 e. The molecule has 32 heavy (non-hydrogen) atoms. The van der Waals surface area contributed by atoms with Crippen molar-refractivity contribution in [3.8, 4) is 43.1 Å². The van der Waals surface area contributed by atoms with Crippen LogP contribution in [0.25, 0.3) is 43.1 Å². The van der Waals surface area contributed by atoms with Gasteiger partial charge in [-0.05, 0) is 58.7 Å². The summed E-state index contributed by atoms with van der Waals surface area (Å²) in [7, 11) is 0. The van der Waals surface area contributed by atoms with Gasteiger partial charge in [-0.1, -0.05) is 102 Å². The first-order valence-corrected chi connectivity index (χ1v) is 12.1. The van der Waals surface area contributed by atoms with E-state index in [9.17, 15) is 0 Å². The van der Waals surface area contributed by atoms with Crippen molar-refractivity contribution in [1.82, 2.24) is 0 Å². The number of benzene rings is 4. The summed E-state index contributed by atoms with van der Waals surface area (Å²) in [6.07, 6.45) is 0. The Bertz CT molecular complexity index is 1350. The Morgan fingerprint density at radius 3 is 1.12 bits per heavy atom. The van der Waals surface area contributed by atoms with Crippen LogP contribution in [-0.2, 0) is 0 Å². The lowest BCUT2D eigenvalue weighted by atomic mass is 9.91. The maximum absolute atomic E-state index is 6.22. The minimum atomic E-state index is 0.716. The van der Waals surface area contributed by atoms with Crippen LogP contribution < -0.4 is 0 Å². The molecule has 0 aliphatic carbocycles. The minimum Gasteiger partial charge on any atom is -0.134 e. The Labute approximate surface area is 206 Å². The maximum atomic E-state index is 6.22. The lowest BCUT2D eigenvalue weighted by molar-refractivity contribution is 1.61. The number of thiophene rings is 1. The second kappa shape index (κ2) is 9.13. The molecule has 0 radical (unpaired) electrons. The highest BCUT2D eigenvalue weighted by atomic mass is 35.5. The zero-order valence-corrected chi connectivity index (χ0v) is 19.9. The van der Waals surface area contributed by atoms with Gasteiger partial charge in [-0.15, -0.1) is 11.3 Å². The van der Waals surface area contributed by atoms with E-state index in [4.69, 9.17) is 34.8 Å². The van der Waals surface area contributed by atoms with Crippen molar-refractivity contribution in [1.29, 1.82) is 0 Å². The molecule has 0 nitrogen and oxygen atoms in total. The fraction of sp³-hybridized carbons (Fsp3) is 0. The van der Waals surface area contributed by atoms with E-state index in [0.717, 1.165) is 26.7 Å². The molecule has 0 atom stereocenters. The van der Waals surface area contributed by atoms with E-state index in [1.54, 1.807) is 11.3 Å². The van der Waals surface area contributed by atoms with Crippen LogP contribution in [0.2, 0.25) is 15.1 Å². The molecule has 0 spiro atoms. The lowest BCUT2D eigenvalue weighted by Crippen LogP contribution is -1.86. The van der Waals surface area contributed by atoms with Gasteiger partial charge in [0.05, 0.1) is 0 Å². The molecule has 4 heteroatoms. The van der Waals surface area contributed by atoms with Crippen molar-refractivity contribution in [2.75, 3.05) is 0 Å². The molecule has 0 N–H and O–H groups in total. The Hall–Kier alpha value is -2.55. The van der Waals surface area contributed by atoms with E-state index in [2.05, 4.69) is 60.7 Å². The molecule has 0 unspecified atom stereocenters. The van der Waals surface area contributed by atoms with Crippen LogP contribution in [0.4, 0.5) is 0 Å². The third-order valence-electron chi connectivity index (χ3n) is 5.32. The lowest BCUT2D eigenvalue weighted by Gasteiger charge is -2.11. The highest BCUT2D eigenvalue weighted by Crippen LogP contribution is 2.52. The van der Waals surface area contributed by atoms with Crippen molar-refractivity contribution in [2.24, 2.45) is 0 Å². The van der Waals surface area contributed by atoms with Crippen LogP contribution in [-0.4, -0.2) is 0 Å². The zero-order valence-electron chi connectivity index (χ0n) is 16.9. The summed E-state index contributed by atoms with van der Waals surface area (Å²) in [5.74, 6) is 0. The van der Waals surface area contributed by atoms with Gasteiger partial charge < -0.3 is 0 Å². The molecule has 156 valence electrons. The number of rotatable bonds is 4. The summed E-state index contributed by atoms with van der Waals surface area (Å²) in [5, 5.41) is 2.16. The van der Waals surface area contributed by atoms with E-state index in [-0.39, 0.29) is 0 Å². The fourth-order valence-electron chi connectivity index (χ4n) is 3.81. The van der Waals surface area contributed by atoms with Gasteiger partial charge >= 0.3 is 0 Å². The molecule has 4 aromatic carbocycles. The Balaban J connectivity index is 1.87. The molecule has 0 aliphatic rings. The summed E-state index contributed by atoms with van der Waals surface area (Å²) in [4.78, 5) is 2.40. The highest BCUT2D eigenvalue weighted by Gasteiger charge is 2.23.